The first kappa shape index (κ1) is 27.7. The van der Waals surface area contributed by atoms with Crippen molar-refractivity contribution in [3.05, 3.63) is 60.2 Å². The minimum Gasteiger partial charge on any atom is -0.491 e. The Bertz CT molecular complexity index is 1340. The maximum atomic E-state index is 14.2. The van der Waals surface area contributed by atoms with E-state index in [1.54, 1.807) is 13.4 Å². The van der Waals surface area contributed by atoms with Crippen LogP contribution in [0.2, 0.25) is 0 Å². The van der Waals surface area contributed by atoms with Gasteiger partial charge in [0.15, 0.2) is 5.69 Å². The number of methoxy groups -OCH3 is 1. The van der Waals surface area contributed by atoms with Crippen molar-refractivity contribution in [3.63, 3.8) is 0 Å². The second kappa shape index (κ2) is 12.2. The second-order valence-corrected chi connectivity index (χ2v) is 11.3. The smallest absolute Gasteiger partial charge is 0.275 e. The van der Waals surface area contributed by atoms with Gasteiger partial charge in [-0.05, 0) is 31.4 Å². The molecule has 4 heterocycles. The Kier molecular flexibility index (Phi) is 8.23. The van der Waals surface area contributed by atoms with Crippen molar-refractivity contribution in [2.45, 2.75) is 56.2 Å². The number of ether oxygens (including phenoxy) is 2. The summed E-state index contributed by atoms with van der Waals surface area (Å²) in [6, 6.07) is 13.6. The van der Waals surface area contributed by atoms with E-state index in [9.17, 15) is 9.90 Å². The lowest BCUT2D eigenvalue weighted by molar-refractivity contribution is -0.0893. The Balaban J connectivity index is 1.24. The van der Waals surface area contributed by atoms with E-state index in [2.05, 4.69) is 15.6 Å². The number of aromatic nitrogens is 3. The largest absolute Gasteiger partial charge is 0.491 e. The van der Waals surface area contributed by atoms with Crippen molar-refractivity contribution < 1.29 is 19.4 Å². The van der Waals surface area contributed by atoms with Crippen LogP contribution < -0.4 is 15.4 Å². The third kappa shape index (κ3) is 5.68. The minimum absolute atomic E-state index is 0.00962. The molecule has 0 radical (unpaired) electrons. The van der Waals surface area contributed by atoms with Crippen molar-refractivity contribution in [1.29, 1.82) is 0 Å². The molecule has 2 fully saturated rings. The van der Waals surface area contributed by atoms with E-state index in [1.165, 1.54) is 0 Å². The molecule has 41 heavy (non-hydrogen) atoms. The number of pyridine rings is 1. The van der Waals surface area contributed by atoms with Gasteiger partial charge in [0.05, 0.1) is 37.0 Å². The number of fused-ring (bicyclic) bond motifs is 1. The maximum Gasteiger partial charge on any atom is 0.275 e. The molecule has 1 aromatic carbocycles. The summed E-state index contributed by atoms with van der Waals surface area (Å²) in [5.41, 5.74) is 2.08. The molecular formula is C31H40N6O4. The predicted molar refractivity (Wildman–Crippen MR) is 156 cm³/mol. The van der Waals surface area contributed by atoms with Gasteiger partial charge in [0.25, 0.3) is 5.91 Å². The summed E-state index contributed by atoms with van der Waals surface area (Å²) in [4.78, 5) is 25.6. The summed E-state index contributed by atoms with van der Waals surface area (Å²) in [6.07, 6.45) is 6.75. The quantitative estimate of drug-likeness (QED) is 0.366. The molecule has 0 bridgehead atoms. The Morgan fingerprint density at radius 3 is 2.98 bits per heavy atom. The van der Waals surface area contributed by atoms with E-state index >= 15 is 0 Å². The molecule has 10 nitrogen and oxygen atoms in total. The third-order valence-electron chi connectivity index (χ3n) is 8.65. The highest BCUT2D eigenvalue weighted by molar-refractivity contribution is 5.98. The number of aliphatic hydroxyl groups is 1. The highest BCUT2D eigenvalue weighted by Crippen LogP contribution is 2.41. The Hall–Kier alpha value is -3.47. The molecular weight excluding hydrogens is 520 g/mol. The maximum absolute atomic E-state index is 14.2. The molecule has 3 N–H and O–H groups in total. The van der Waals surface area contributed by atoms with E-state index in [-0.39, 0.29) is 24.6 Å². The van der Waals surface area contributed by atoms with E-state index in [4.69, 9.17) is 14.5 Å². The molecule has 3 atom stereocenters. The number of piperazine rings is 1. The zero-order valence-corrected chi connectivity index (χ0v) is 23.7. The number of amides is 1. The minimum atomic E-state index is -1.02. The fourth-order valence-electron chi connectivity index (χ4n) is 6.60. The zero-order chi connectivity index (χ0) is 28.2. The number of anilines is 1. The van der Waals surface area contributed by atoms with E-state index in [0.717, 1.165) is 73.7 Å². The molecule has 1 aliphatic carbocycles. The summed E-state index contributed by atoms with van der Waals surface area (Å²) in [7, 11) is 1.62. The van der Waals surface area contributed by atoms with Crippen molar-refractivity contribution in [2.75, 3.05) is 51.8 Å². The van der Waals surface area contributed by atoms with Crippen LogP contribution in [0, 0.1) is 0 Å². The predicted octanol–water partition coefficient (Wildman–Crippen LogP) is 3.29. The molecule has 6 rings (SSSR count). The highest BCUT2D eigenvalue weighted by atomic mass is 16.5. The van der Waals surface area contributed by atoms with Gasteiger partial charge in [-0.1, -0.05) is 43.2 Å². The van der Waals surface area contributed by atoms with Gasteiger partial charge in [0.2, 0.25) is 0 Å². The van der Waals surface area contributed by atoms with Gasteiger partial charge in [-0.2, -0.15) is 0 Å². The Morgan fingerprint density at radius 1 is 1.24 bits per heavy atom. The van der Waals surface area contributed by atoms with Gasteiger partial charge in [-0.3, -0.25) is 4.79 Å². The summed E-state index contributed by atoms with van der Waals surface area (Å²) in [5, 5.41) is 18.5. The molecule has 3 aromatic rings. The molecule has 0 spiro atoms. The number of rotatable bonds is 9. The molecule has 1 saturated heterocycles. The molecule has 1 amide bonds. The van der Waals surface area contributed by atoms with Crippen LogP contribution in [0.3, 0.4) is 0 Å². The first-order valence-corrected chi connectivity index (χ1v) is 14.8. The van der Waals surface area contributed by atoms with Crippen LogP contribution >= 0.6 is 0 Å². The topological polar surface area (TPSA) is 114 Å². The summed E-state index contributed by atoms with van der Waals surface area (Å²) >= 11 is 0. The number of imidazole rings is 1. The van der Waals surface area contributed by atoms with Crippen LogP contribution in [0.15, 0.2) is 48.8 Å². The average Bonchev–Trinajstić information content (AvgIpc) is 3.65. The van der Waals surface area contributed by atoms with Gasteiger partial charge in [0.1, 0.15) is 17.2 Å². The monoisotopic (exact) mass is 560 g/mol. The van der Waals surface area contributed by atoms with Crippen LogP contribution in [-0.4, -0.2) is 88.6 Å². The van der Waals surface area contributed by atoms with Gasteiger partial charge in [0, 0.05) is 51.3 Å². The molecule has 1 saturated carbocycles. The fourth-order valence-corrected chi connectivity index (χ4v) is 6.60. The number of nitrogens with one attached hydrogen (secondary N) is 2. The number of nitrogens with zero attached hydrogens (tertiary/aromatic N) is 4. The highest BCUT2D eigenvalue weighted by Gasteiger charge is 2.42. The van der Waals surface area contributed by atoms with E-state index in [1.807, 2.05) is 51.9 Å². The third-order valence-corrected chi connectivity index (χ3v) is 8.65. The van der Waals surface area contributed by atoms with Gasteiger partial charge >= 0.3 is 0 Å². The van der Waals surface area contributed by atoms with Crippen LogP contribution in [0.1, 0.15) is 54.3 Å². The number of benzene rings is 1. The normalized spacial score (nSPS) is 24.1. The molecule has 2 aromatic heterocycles. The SMILES string of the molecule is COC[C@]1(O)CCCC[C@H]1n1cnc(C(=O)N2CCNC[C@H]2CCNc2ccc3c(n2)CCO3)c1-c1ccccc1. The molecule has 2 aliphatic heterocycles. The molecule has 3 aliphatic rings. The van der Waals surface area contributed by atoms with Gasteiger partial charge in [-0.15, -0.1) is 0 Å². The van der Waals surface area contributed by atoms with E-state index in [0.29, 0.717) is 31.8 Å². The number of hydrogen-bond donors (Lipinski definition) is 3. The summed E-state index contributed by atoms with van der Waals surface area (Å²) < 4.78 is 13.1. The Morgan fingerprint density at radius 2 is 2.12 bits per heavy atom. The number of carbonyl (C=O) groups excluding carboxylic acids is 1. The van der Waals surface area contributed by atoms with Crippen LogP contribution in [0.4, 0.5) is 5.82 Å². The van der Waals surface area contributed by atoms with Gasteiger partial charge in [-0.25, -0.2) is 9.97 Å². The van der Waals surface area contributed by atoms with Crippen molar-refractivity contribution >= 4 is 11.7 Å². The van der Waals surface area contributed by atoms with Crippen LogP contribution in [-0.2, 0) is 11.2 Å². The van der Waals surface area contributed by atoms with Crippen LogP contribution in [0.25, 0.3) is 11.3 Å². The second-order valence-electron chi connectivity index (χ2n) is 11.3. The lowest BCUT2D eigenvalue weighted by atomic mass is 9.80. The zero-order valence-electron chi connectivity index (χ0n) is 23.7. The molecule has 218 valence electrons. The lowest BCUT2D eigenvalue weighted by Gasteiger charge is -2.41. The first-order valence-electron chi connectivity index (χ1n) is 14.8. The van der Waals surface area contributed by atoms with Crippen molar-refractivity contribution in [3.8, 4) is 17.0 Å². The summed E-state index contributed by atoms with van der Waals surface area (Å²) in [6.45, 7) is 3.68. The standard InChI is InChI=1S/C31H40N6O4/c1-40-20-31(39)14-6-5-9-26(31)37-21-34-28(29(37)22-7-3-2-4-8-22)30(38)36-17-16-32-19-23(36)12-15-33-27-11-10-25-24(35-27)13-18-41-25/h2-4,7-8,10-11,21,23,26,32,39H,5-6,9,12-20H2,1H3,(H,33,35)/t23-,26-,31-/m1/s1. The molecule has 0 unspecified atom stereocenters. The van der Waals surface area contributed by atoms with Crippen LogP contribution in [0.5, 0.6) is 5.75 Å². The summed E-state index contributed by atoms with van der Waals surface area (Å²) in [5.74, 6) is 1.62. The van der Waals surface area contributed by atoms with E-state index < -0.39 is 5.60 Å². The first-order chi connectivity index (χ1) is 20.1. The fraction of sp³-hybridized carbons (Fsp3) is 0.516. The number of carbonyl (C=O) groups is 1. The molecule has 10 heteroatoms. The van der Waals surface area contributed by atoms with Crippen molar-refractivity contribution in [2.24, 2.45) is 0 Å². The number of hydrogen-bond acceptors (Lipinski definition) is 8. The van der Waals surface area contributed by atoms with Crippen molar-refractivity contribution in [1.82, 2.24) is 24.8 Å². The Labute approximate surface area is 241 Å². The van der Waals surface area contributed by atoms with Gasteiger partial charge < -0.3 is 34.7 Å². The average molecular weight is 561 g/mol. The lowest BCUT2D eigenvalue weighted by Crippen LogP contribution is -2.54.